The highest BCUT2D eigenvalue weighted by Gasteiger charge is 2.47. The Morgan fingerprint density at radius 2 is 1.46 bits per heavy atom. The Hall–Kier alpha value is -1.22. The number of aliphatic hydroxyl groups is 2. The van der Waals surface area contributed by atoms with E-state index in [1.807, 2.05) is 6.07 Å². The molecule has 2 saturated heterocycles. The van der Waals surface area contributed by atoms with Gasteiger partial charge in [0, 0.05) is 21.2 Å². The van der Waals surface area contributed by atoms with E-state index < -0.39 is 37.0 Å². The molecule has 0 aliphatic carbocycles. The van der Waals surface area contributed by atoms with Crippen molar-refractivity contribution in [3.05, 3.63) is 69.7 Å². The number of ether oxygens (including phenoxy) is 4. The lowest BCUT2D eigenvalue weighted by atomic mass is 10.0. The summed E-state index contributed by atoms with van der Waals surface area (Å²) in [5, 5.41) is 21.6. The van der Waals surface area contributed by atoms with E-state index in [-0.39, 0.29) is 13.2 Å². The van der Waals surface area contributed by atoms with E-state index in [4.69, 9.17) is 42.1 Å². The van der Waals surface area contributed by atoms with Crippen LogP contribution in [0.5, 0.6) is 0 Å². The smallest absolute Gasteiger partial charge is 0.185 e. The quantitative estimate of drug-likeness (QED) is 0.784. The van der Waals surface area contributed by atoms with Gasteiger partial charge in [-0.1, -0.05) is 47.5 Å². The largest absolute Gasteiger partial charge is 0.394 e. The molecule has 0 spiro atoms. The van der Waals surface area contributed by atoms with Crippen LogP contribution in [-0.2, 0) is 18.9 Å². The summed E-state index contributed by atoms with van der Waals surface area (Å²) in [4.78, 5) is 0. The summed E-state index contributed by atoms with van der Waals surface area (Å²) in [5.74, 6) is 0. The van der Waals surface area contributed by atoms with Gasteiger partial charge in [-0.25, -0.2) is 0 Å². The summed E-state index contributed by atoms with van der Waals surface area (Å²) in [7, 11) is 0. The third-order valence-electron chi connectivity index (χ3n) is 4.77. The van der Waals surface area contributed by atoms with Crippen molar-refractivity contribution in [2.24, 2.45) is 0 Å². The first-order valence-electron chi connectivity index (χ1n) is 8.93. The molecular weight excluding hydrogens is 407 g/mol. The van der Waals surface area contributed by atoms with Crippen LogP contribution in [0.4, 0.5) is 0 Å². The molecule has 6 nitrogen and oxygen atoms in total. The van der Waals surface area contributed by atoms with Crippen molar-refractivity contribution in [1.29, 1.82) is 0 Å². The number of rotatable bonds is 3. The van der Waals surface area contributed by atoms with E-state index in [1.54, 1.807) is 42.5 Å². The Bertz CT molecular complexity index is 775. The number of benzene rings is 2. The van der Waals surface area contributed by atoms with Gasteiger partial charge in [-0.3, -0.25) is 0 Å². The van der Waals surface area contributed by atoms with Crippen LogP contribution in [-0.4, -0.2) is 47.8 Å². The van der Waals surface area contributed by atoms with Crippen molar-refractivity contribution >= 4 is 23.2 Å². The fraction of sp³-hybridized carbons (Fsp3) is 0.400. The van der Waals surface area contributed by atoms with Crippen molar-refractivity contribution in [2.45, 2.75) is 37.0 Å². The fourth-order valence-corrected chi connectivity index (χ4v) is 3.82. The molecule has 2 aliphatic rings. The first kappa shape index (κ1) is 20.1. The molecule has 2 N–H and O–H groups in total. The average Bonchev–Trinajstić information content (AvgIpc) is 2.86. The second kappa shape index (κ2) is 8.65. The van der Waals surface area contributed by atoms with Gasteiger partial charge in [0.1, 0.15) is 24.4 Å². The standard InChI is InChI=1S/C20H20Cl2O6/c21-13-5-1-3-11(7-13)19-25-10-15(24)17-18(28-19)16(9-23)26-20(27-17)12-4-2-6-14(22)8-12/h1-8,15-20,23-24H,9-10H2/t15-,16+,17+,18+,19?,20?/m1/s1. The normalized spacial score (nSPS) is 33.1. The SMILES string of the molecule is OC[C@@H]1OC(c2cccc(Cl)c2)O[C@@H]2[C@H]1OC(c1cccc(Cl)c1)OC[C@H]2O. The molecule has 0 bridgehead atoms. The number of fused-ring (bicyclic) bond motifs is 1. The molecule has 2 aromatic rings. The maximum atomic E-state index is 10.6. The molecule has 0 aromatic heterocycles. The fourth-order valence-electron chi connectivity index (χ4n) is 3.42. The van der Waals surface area contributed by atoms with Crippen LogP contribution < -0.4 is 0 Å². The summed E-state index contributed by atoms with van der Waals surface area (Å²) in [6, 6.07) is 14.1. The molecule has 6 atom stereocenters. The van der Waals surface area contributed by atoms with Crippen LogP contribution in [0.1, 0.15) is 23.7 Å². The summed E-state index contributed by atoms with van der Waals surface area (Å²) >= 11 is 12.1. The molecule has 28 heavy (non-hydrogen) atoms. The van der Waals surface area contributed by atoms with Gasteiger partial charge in [0.15, 0.2) is 12.6 Å². The highest BCUT2D eigenvalue weighted by Crippen LogP contribution is 2.38. The zero-order valence-corrected chi connectivity index (χ0v) is 16.3. The van der Waals surface area contributed by atoms with Crippen molar-refractivity contribution in [3.8, 4) is 0 Å². The Morgan fingerprint density at radius 1 is 0.857 bits per heavy atom. The van der Waals surface area contributed by atoms with E-state index >= 15 is 0 Å². The molecule has 2 unspecified atom stereocenters. The third kappa shape index (κ3) is 4.20. The molecule has 4 rings (SSSR count). The van der Waals surface area contributed by atoms with E-state index in [0.29, 0.717) is 21.2 Å². The average molecular weight is 427 g/mol. The molecule has 8 heteroatoms. The first-order valence-corrected chi connectivity index (χ1v) is 9.68. The molecule has 0 amide bonds. The van der Waals surface area contributed by atoms with Crippen molar-refractivity contribution in [1.82, 2.24) is 0 Å². The lowest BCUT2D eigenvalue weighted by Gasteiger charge is -2.41. The monoisotopic (exact) mass is 426 g/mol. The minimum Gasteiger partial charge on any atom is -0.394 e. The minimum atomic E-state index is -0.964. The topological polar surface area (TPSA) is 77.4 Å². The highest BCUT2D eigenvalue weighted by atomic mass is 35.5. The van der Waals surface area contributed by atoms with E-state index in [9.17, 15) is 10.2 Å². The molecule has 2 fully saturated rings. The van der Waals surface area contributed by atoms with Crippen LogP contribution in [0.15, 0.2) is 48.5 Å². The van der Waals surface area contributed by atoms with E-state index in [2.05, 4.69) is 0 Å². The van der Waals surface area contributed by atoms with Crippen molar-refractivity contribution in [3.63, 3.8) is 0 Å². The molecule has 150 valence electrons. The van der Waals surface area contributed by atoms with Crippen LogP contribution in [0.3, 0.4) is 0 Å². The van der Waals surface area contributed by atoms with Gasteiger partial charge in [-0.15, -0.1) is 0 Å². The van der Waals surface area contributed by atoms with Crippen LogP contribution in [0.2, 0.25) is 10.0 Å². The predicted molar refractivity (Wildman–Crippen MR) is 102 cm³/mol. The Balaban J connectivity index is 1.60. The Labute approximate surface area is 172 Å². The number of hydrogen-bond donors (Lipinski definition) is 2. The third-order valence-corrected chi connectivity index (χ3v) is 5.24. The summed E-state index contributed by atoms with van der Waals surface area (Å²) in [5.41, 5.74) is 1.39. The van der Waals surface area contributed by atoms with Gasteiger partial charge in [-0.05, 0) is 24.3 Å². The van der Waals surface area contributed by atoms with Crippen molar-refractivity contribution in [2.75, 3.05) is 13.2 Å². The van der Waals surface area contributed by atoms with E-state index in [1.165, 1.54) is 0 Å². The number of halogens is 2. The zero-order valence-electron chi connectivity index (χ0n) is 14.8. The zero-order chi connectivity index (χ0) is 19.7. The lowest BCUT2D eigenvalue weighted by molar-refractivity contribution is -0.322. The Morgan fingerprint density at radius 3 is 2.07 bits per heavy atom. The van der Waals surface area contributed by atoms with Crippen molar-refractivity contribution < 1.29 is 29.2 Å². The maximum Gasteiger partial charge on any atom is 0.185 e. The highest BCUT2D eigenvalue weighted by molar-refractivity contribution is 6.30. The lowest BCUT2D eigenvalue weighted by Crippen LogP contribution is -2.54. The molecule has 0 radical (unpaired) electrons. The van der Waals surface area contributed by atoms with Gasteiger partial charge in [0.25, 0.3) is 0 Å². The van der Waals surface area contributed by atoms with Crippen LogP contribution >= 0.6 is 23.2 Å². The molecule has 0 saturated carbocycles. The first-order chi connectivity index (χ1) is 13.5. The van der Waals surface area contributed by atoms with Gasteiger partial charge < -0.3 is 29.2 Å². The summed E-state index contributed by atoms with van der Waals surface area (Å²) < 4.78 is 23.7. The predicted octanol–water partition coefficient (Wildman–Crippen LogP) is 3.24. The van der Waals surface area contributed by atoms with Crippen LogP contribution in [0.25, 0.3) is 0 Å². The minimum absolute atomic E-state index is 0.00123. The molecule has 2 heterocycles. The van der Waals surface area contributed by atoms with Gasteiger partial charge in [-0.2, -0.15) is 0 Å². The number of aliphatic hydroxyl groups excluding tert-OH is 2. The van der Waals surface area contributed by atoms with E-state index in [0.717, 1.165) is 0 Å². The second-order valence-corrected chi connectivity index (χ2v) is 7.61. The van der Waals surface area contributed by atoms with Gasteiger partial charge in [0.2, 0.25) is 0 Å². The van der Waals surface area contributed by atoms with Gasteiger partial charge >= 0.3 is 0 Å². The molecular formula is C20H20Cl2O6. The maximum absolute atomic E-state index is 10.6. The molecule has 2 aromatic carbocycles. The van der Waals surface area contributed by atoms with Gasteiger partial charge in [0.05, 0.1) is 13.2 Å². The molecule has 2 aliphatic heterocycles. The number of hydrogen-bond acceptors (Lipinski definition) is 6. The van der Waals surface area contributed by atoms with Crippen LogP contribution in [0, 0.1) is 0 Å². The summed E-state index contributed by atoms with van der Waals surface area (Å²) in [6.07, 6.45) is -4.74. The Kier molecular flexibility index (Phi) is 6.20. The summed E-state index contributed by atoms with van der Waals surface area (Å²) in [6.45, 7) is -0.310. The second-order valence-electron chi connectivity index (χ2n) is 6.73.